The van der Waals surface area contributed by atoms with Crippen molar-refractivity contribution in [3.63, 3.8) is 0 Å². The van der Waals surface area contributed by atoms with Crippen molar-refractivity contribution in [3.8, 4) is 5.75 Å². The van der Waals surface area contributed by atoms with Crippen molar-refractivity contribution in [2.75, 3.05) is 23.9 Å². The molecule has 1 N–H and O–H groups in total. The summed E-state index contributed by atoms with van der Waals surface area (Å²) in [5.41, 5.74) is -0.643. The molecule has 0 saturated carbocycles. The van der Waals surface area contributed by atoms with Crippen LogP contribution in [0.5, 0.6) is 5.75 Å². The molecule has 5 nitrogen and oxygen atoms in total. The van der Waals surface area contributed by atoms with E-state index >= 15 is 0 Å². The Kier molecular flexibility index (Phi) is 8.39. The van der Waals surface area contributed by atoms with Crippen molar-refractivity contribution >= 4 is 40.8 Å². The van der Waals surface area contributed by atoms with Gasteiger partial charge in [-0.25, -0.2) is 9.80 Å². The first kappa shape index (κ1) is 28.0. The highest BCUT2D eigenvalue weighted by Gasteiger charge is 2.42. The number of nitrogens with zero attached hydrogens (tertiary/aromatic N) is 2. The maximum absolute atomic E-state index is 13.2. The van der Waals surface area contributed by atoms with Gasteiger partial charge in [-0.05, 0) is 66.8 Å². The van der Waals surface area contributed by atoms with Crippen molar-refractivity contribution in [1.82, 2.24) is 5.01 Å². The maximum atomic E-state index is 13.2. The van der Waals surface area contributed by atoms with E-state index in [4.69, 9.17) is 11.6 Å². The molecule has 0 radical (unpaired) electrons. The second-order valence-electron chi connectivity index (χ2n) is 8.36. The molecular formula is C23H22ClF6N3O2S. The van der Waals surface area contributed by atoms with E-state index in [1.807, 2.05) is 13.2 Å². The van der Waals surface area contributed by atoms with E-state index in [-0.39, 0.29) is 12.2 Å². The molecular weight excluding hydrogens is 532 g/mol. The van der Waals surface area contributed by atoms with Crippen molar-refractivity contribution in [2.24, 2.45) is 10.5 Å². The summed E-state index contributed by atoms with van der Waals surface area (Å²) in [6.07, 6.45) is -6.11. The van der Waals surface area contributed by atoms with Gasteiger partial charge in [-0.3, -0.25) is 0 Å². The lowest BCUT2D eigenvalue weighted by atomic mass is 9.78. The number of hydrazone groups is 1. The van der Waals surface area contributed by atoms with E-state index in [2.05, 4.69) is 15.2 Å². The number of thioether (sulfide) groups is 1. The minimum absolute atomic E-state index is 0.149. The fourth-order valence-corrected chi connectivity index (χ4v) is 4.55. The van der Waals surface area contributed by atoms with Crippen LogP contribution >= 0.6 is 23.4 Å². The third kappa shape index (κ3) is 7.00. The average Bonchev–Trinajstić information content (AvgIpc) is 3.11. The fourth-order valence-electron chi connectivity index (χ4n) is 3.83. The minimum atomic E-state index is -4.84. The summed E-state index contributed by atoms with van der Waals surface area (Å²) in [4.78, 5) is 12.9. The lowest BCUT2D eigenvalue weighted by Crippen LogP contribution is -2.35. The van der Waals surface area contributed by atoms with Gasteiger partial charge in [0.1, 0.15) is 5.75 Å². The van der Waals surface area contributed by atoms with Crippen LogP contribution in [-0.2, 0) is 6.18 Å². The molecule has 0 spiro atoms. The van der Waals surface area contributed by atoms with Crippen LogP contribution < -0.4 is 10.1 Å². The molecule has 1 unspecified atom stereocenters. The number of rotatable bonds is 7. The van der Waals surface area contributed by atoms with E-state index < -0.39 is 40.3 Å². The average molecular weight is 554 g/mol. The summed E-state index contributed by atoms with van der Waals surface area (Å²) in [5.74, 6) is 0.400. The molecule has 0 aromatic heterocycles. The summed E-state index contributed by atoms with van der Waals surface area (Å²) in [6, 6.07) is 7.30. The van der Waals surface area contributed by atoms with Crippen LogP contribution in [0.1, 0.15) is 30.9 Å². The molecule has 0 fully saturated rings. The van der Waals surface area contributed by atoms with Crippen molar-refractivity contribution < 1.29 is 35.9 Å². The van der Waals surface area contributed by atoms with Crippen LogP contribution in [0.2, 0.25) is 5.02 Å². The molecule has 1 aliphatic heterocycles. The Morgan fingerprint density at radius 1 is 1.17 bits per heavy atom. The largest absolute Gasteiger partial charge is 0.573 e. The quantitative estimate of drug-likeness (QED) is 0.283. The summed E-state index contributed by atoms with van der Waals surface area (Å²) in [5, 5.41) is 7.64. The van der Waals surface area contributed by atoms with Crippen LogP contribution in [-0.4, -0.2) is 41.7 Å². The predicted molar refractivity (Wildman–Crippen MR) is 128 cm³/mol. The molecule has 0 saturated heterocycles. The Morgan fingerprint density at radius 3 is 2.39 bits per heavy atom. The second-order valence-corrected chi connectivity index (χ2v) is 9.75. The number of benzene rings is 2. The first-order chi connectivity index (χ1) is 16.7. The normalized spacial score (nSPS) is 18.2. The molecule has 13 heteroatoms. The smallest absolute Gasteiger partial charge is 0.406 e. The highest BCUT2D eigenvalue weighted by Crippen LogP contribution is 2.39. The van der Waals surface area contributed by atoms with E-state index in [9.17, 15) is 31.1 Å². The Hall–Kier alpha value is -2.60. The molecule has 2 aromatic rings. The molecule has 1 atom stereocenters. The minimum Gasteiger partial charge on any atom is -0.406 e. The Balaban J connectivity index is 1.84. The summed E-state index contributed by atoms with van der Waals surface area (Å²) >= 11 is 7.56. The molecule has 196 valence electrons. The molecule has 0 bridgehead atoms. The van der Waals surface area contributed by atoms with Crippen LogP contribution in [0.4, 0.5) is 36.8 Å². The highest BCUT2D eigenvalue weighted by atomic mass is 35.5. The van der Waals surface area contributed by atoms with Gasteiger partial charge in [-0.15, -0.1) is 13.2 Å². The number of alkyl halides is 6. The Labute approximate surface area is 212 Å². The van der Waals surface area contributed by atoms with Gasteiger partial charge in [0, 0.05) is 11.1 Å². The summed E-state index contributed by atoms with van der Waals surface area (Å²) in [7, 11) is 0. The lowest BCUT2D eigenvalue weighted by Gasteiger charge is -2.26. The molecule has 1 aliphatic rings. The highest BCUT2D eigenvalue weighted by molar-refractivity contribution is 7.98. The first-order valence-corrected chi connectivity index (χ1v) is 12.4. The van der Waals surface area contributed by atoms with Gasteiger partial charge in [-0.2, -0.15) is 30.0 Å². The first-order valence-electron chi connectivity index (χ1n) is 10.6. The lowest BCUT2D eigenvalue weighted by molar-refractivity contribution is -0.274. The topological polar surface area (TPSA) is 53.9 Å². The van der Waals surface area contributed by atoms with Crippen LogP contribution in [0, 0.1) is 5.41 Å². The monoisotopic (exact) mass is 553 g/mol. The van der Waals surface area contributed by atoms with Gasteiger partial charge >= 0.3 is 18.6 Å². The molecule has 1 heterocycles. The van der Waals surface area contributed by atoms with E-state index in [1.165, 1.54) is 24.3 Å². The summed E-state index contributed by atoms with van der Waals surface area (Å²) < 4.78 is 80.3. The SMILES string of the molecule is CSCCCC1(C)CN(C(=O)Nc2ccc(OC(F)(F)F)cc2)N=C1c1ccc(C(F)(F)F)c(Cl)c1. The van der Waals surface area contributed by atoms with Gasteiger partial charge in [0.05, 0.1) is 22.8 Å². The van der Waals surface area contributed by atoms with Crippen LogP contribution in [0.25, 0.3) is 0 Å². The number of hydrogen-bond acceptors (Lipinski definition) is 4. The maximum Gasteiger partial charge on any atom is 0.573 e. The number of carbonyl (C=O) groups excluding carboxylic acids is 1. The zero-order chi connectivity index (χ0) is 26.7. The number of anilines is 1. The van der Waals surface area contributed by atoms with Gasteiger partial charge < -0.3 is 10.1 Å². The zero-order valence-electron chi connectivity index (χ0n) is 19.1. The number of halogens is 7. The van der Waals surface area contributed by atoms with E-state index in [1.54, 1.807) is 11.8 Å². The van der Waals surface area contributed by atoms with Gasteiger partial charge in [0.2, 0.25) is 0 Å². The van der Waals surface area contributed by atoms with Crippen molar-refractivity contribution in [1.29, 1.82) is 0 Å². The van der Waals surface area contributed by atoms with Gasteiger partial charge in [0.25, 0.3) is 0 Å². The standard InChI is InChI=1S/C23H22ClF6N3O2S/c1-21(10-3-11-36-2)13-33(20(34)31-15-5-7-16(8-6-15)35-23(28,29)30)32-19(21)14-4-9-17(18(24)12-14)22(25,26)27/h4-9,12H,3,10-11,13H2,1-2H3,(H,31,34). The van der Waals surface area contributed by atoms with Gasteiger partial charge in [0.15, 0.2) is 0 Å². The Morgan fingerprint density at radius 2 is 1.83 bits per heavy atom. The van der Waals surface area contributed by atoms with Gasteiger partial charge in [-0.1, -0.05) is 24.6 Å². The Bertz CT molecular complexity index is 1120. The number of carbonyl (C=O) groups is 1. The third-order valence-electron chi connectivity index (χ3n) is 5.49. The molecule has 3 rings (SSSR count). The molecule has 0 aliphatic carbocycles. The zero-order valence-corrected chi connectivity index (χ0v) is 20.7. The molecule has 36 heavy (non-hydrogen) atoms. The van der Waals surface area contributed by atoms with Crippen molar-refractivity contribution in [3.05, 3.63) is 58.6 Å². The summed E-state index contributed by atoms with van der Waals surface area (Å²) in [6.45, 7) is 2.02. The number of urea groups is 1. The third-order valence-corrected chi connectivity index (χ3v) is 6.50. The van der Waals surface area contributed by atoms with E-state index in [0.717, 1.165) is 35.4 Å². The van der Waals surface area contributed by atoms with Crippen LogP contribution in [0.15, 0.2) is 47.6 Å². The van der Waals surface area contributed by atoms with Crippen molar-refractivity contribution in [2.45, 2.75) is 32.3 Å². The number of nitrogens with one attached hydrogen (secondary N) is 1. The van der Waals surface area contributed by atoms with E-state index in [0.29, 0.717) is 17.7 Å². The molecule has 2 amide bonds. The number of hydrogen-bond donors (Lipinski definition) is 1. The predicted octanol–water partition coefficient (Wildman–Crippen LogP) is 7.66. The van der Waals surface area contributed by atoms with Crippen LogP contribution in [0.3, 0.4) is 0 Å². The fraction of sp³-hybridized carbons (Fsp3) is 0.391. The second kappa shape index (κ2) is 10.8. The number of amides is 2. The number of ether oxygens (including phenoxy) is 1. The molecule has 2 aromatic carbocycles.